The van der Waals surface area contributed by atoms with E-state index in [1.807, 2.05) is 16.8 Å². The molecule has 2 aromatic heterocycles. The van der Waals surface area contributed by atoms with Crippen molar-refractivity contribution < 1.29 is 0 Å². The van der Waals surface area contributed by atoms with E-state index in [9.17, 15) is 0 Å². The lowest BCUT2D eigenvalue weighted by Gasteiger charge is -2.09. The van der Waals surface area contributed by atoms with Gasteiger partial charge >= 0.3 is 0 Å². The molecule has 0 spiro atoms. The van der Waals surface area contributed by atoms with Gasteiger partial charge in [-0.05, 0) is 23.6 Å². The number of hydrogen-bond acceptors (Lipinski definition) is 4. The lowest BCUT2D eigenvalue weighted by molar-refractivity contribution is 0.457. The quantitative estimate of drug-likeness (QED) is 0.840. The first-order valence-electron chi connectivity index (χ1n) is 6.22. The van der Waals surface area contributed by atoms with E-state index in [1.165, 1.54) is 5.56 Å². The standard InChI is InChI=1S/C13H19N5/c1-11(2)9-18-13(16-10-17-18)8-15-7-12-3-5-14-6-4-12/h3-6,10-11,15H,7-9H2,1-2H3. The summed E-state index contributed by atoms with van der Waals surface area (Å²) in [6.07, 6.45) is 5.22. The maximum atomic E-state index is 4.28. The Bertz CT molecular complexity index is 463. The molecule has 96 valence electrons. The van der Waals surface area contributed by atoms with Gasteiger partial charge in [-0.1, -0.05) is 13.8 Å². The number of pyridine rings is 1. The normalized spacial score (nSPS) is 11.1. The van der Waals surface area contributed by atoms with Crippen molar-refractivity contribution in [3.8, 4) is 0 Å². The summed E-state index contributed by atoms with van der Waals surface area (Å²) in [5.74, 6) is 1.56. The third kappa shape index (κ3) is 3.63. The summed E-state index contributed by atoms with van der Waals surface area (Å²) in [7, 11) is 0. The number of rotatable bonds is 6. The first-order valence-corrected chi connectivity index (χ1v) is 6.22. The predicted molar refractivity (Wildman–Crippen MR) is 69.6 cm³/mol. The molecule has 0 bridgehead atoms. The van der Waals surface area contributed by atoms with E-state index in [1.54, 1.807) is 18.7 Å². The SMILES string of the molecule is CC(C)Cn1ncnc1CNCc1ccncc1. The van der Waals surface area contributed by atoms with Crippen LogP contribution in [0, 0.1) is 5.92 Å². The summed E-state index contributed by atoms with van der Waals surface area (Å²) in [5.41, 5.74) is 1.22. The van der Waals surface area contributed by atoms with Gasteiger partial charge in [0.05, 0.1) is 6.54 Å². The van der Waals surface area contributed by atoms with Gasteiger partial charge in [-0.2, -0.15) is 5.10 Å². The van der Waals surface area contributed by atoms with Gasteiger partial charge < -0.3 is 5.32 Å². The zero-order valence-electron chi connectivity index (χ0n) is 10.9. The lowest BCUT2D eigenvalue weighted by Crippen LogP contribution is -2.18. The topological polar surface area (TPSA) is 55.6 Å². The second kappa shape index (κ2) is 6.26. The van der Waals surface area contributed by atoms with E-state index in [2.05, 4.69) is 34.2 Å². The molecule has 2 heterocycles. The Morgan fingerprint density at radius 3 is 2.72 bits per heavy atom. The molecule has 5 heteroatoms. The number of aromatic nitrogens is 4. The minimum Gasteiger partial charge on any atom is -0.306 e. The highest BCUT2D eigenvalue weighted by Gasteiger charge is 2.05. The van der Waals surface area contributed by atoms with Crippen molar-refractivity contribution in [2.45, 2.75) is 33.5 Å². The van der Waals surface area contributed by atoms with Crippen molar-refractivity contribution in [1.82, 2.24) is 25.1 Å². The predicted octanol–water partition coefficient (Wildman–Crippen LogP) is 1.62. The molecule has 0 aliphatic heterocycles. The molecule has 5 nitrogen and oxygen atoms in total. The monoisotopic (exact) mass is 245 g/mol. The van der Waals surface area contributed by atoms with Crippen LogP contribution in [-0.4, -0.2) is 19.7 Å². The number of nitrogens with zero attached hydrogens (tertiary/aromatic N) is 4. The molecular weight excluding hydrogens is 226 g/mol. The van der Waals surface area contributed by atoms with Crippen LogP contribution in [0.15, 0.2) is 30.9 Å². The van der Waals surface area contributed by atoms with Crippen molar-refractivity contribution in [3.63, 3.8) is 0 Å². The van der Waals surface area contributed by atoms with E-state index >= 15 is 0 Å². The smallest absolute Gasteiger partial charge is 0.140 e. The third-order valence-electron chi connectivity index (χ3n) is 2.60. The largest absolute Gasteiger partial charge is 0.306 e. The molecule has 0 radical (unpaired) electrons. The van der Waals surface area contributed by atoms with Crippen LogP contribution in [0.5, 0.6) is 0 Å². The summed E-state index contributed by atoms with van der Waals surface area (Å²) in [6, 6.07) is 4.01. The maximum absolute atomic E-state index is 4.28. The van der Waals surface area contributed by atoms with Crippen molar-refractivity contribution >= 4 is 0 Å². The zero-order chi connectivity index (χ0) is 12.8. The van der Waals surface area contributed by atoms with Crippen LogP contribution < -0.4 is 5.32 Å². The van der Waals surface area contributed by atoms with E-state index in [4.69, 9.17) is 0 Å². The molecule has 0 amide bonds. The molecule has 1 N–H and O–H groups in total. The summed E-state index contributed by atoms with van der Waals surface area (Å²) < 4.78 is 1.96. The molecular formula is C13H19N5. The van der Waals surface area contributed by atoms with Gasteiger partial charge in [-0.15, -0.1) is 0 Å². The molecule has 18 heavy (non-hydrogen) atoms. The average molecular weight is 245 g/mol. The Kier molecular flexibility index (Phi) is 4.41. The van der Waals surface area contributed by atoms with Crippen LogP contribution >= 0.6 is 0 Å². The molecule has 0 fully saturated rings. The van der Waals surface area contributed by atoms with Crippen molar-refractivity contribution in [3.05, 3.63) is 42.2 Å². The Morgan fingerprint density at radius 2 is 2.00 bits per heavy atom. The molecule has 0 aromatic carbocycles. The molecule has 2 aromatic rings. The number of nitrogens with one attached hydrogen (secondary N) is 1. The minimum absolute atomic E-state index is 0.575. The first kappa shape index (κ1) is 12.7. The van der Waals surface area contributed by atoms with E-state index < -0.39 is 0 Å². The van der Waals surface area contributed by atoms with Gasteiger partial charge in [-0.25, -0.2) is 9.67 Å². The fourth-order valence-corrected chi connectivity index (χ4v) is 1.74. The molecule has 0 aliphatic rings. The minimum atomic E-state index is 0.575. The highest BCUT2D eigenvalue weighted by molar-refractivity contribution is 5.09. The van der Waals surface area contributed by atoms with E-state index in [0.717, 1.165) is 25.5 Å². The van der Waals surface area contributed by atoms with Crippen LogP contribution in [0.25, 0.3) is 0 Å². The summed E-state index contributed by atoms with van der Waals surface area (Å²) in [5, 5.41) is 7.60. The molecule has 2 rings (SSSR count). The fraction of sp³-hybridized carbons (Fsp3) is 0.462. The van der Waals surface area contributed by atoms with Crippen molar-refractivity contribution in [1.29, 1.82) is 0 Å². The highest BCUT2D eigenvalue weighted by atomic mass is 15.3. The molecule has 0 saturated heterocycles. The van der Waals surface area contributed by atoms with E-state index in [0.29, 0.717) is 5.92 Å². The fourth-order valence-electron chi connectivity index (χ4n) is 1.74. The van der Waals surface area contributed by atoms with Crippen molar-refractivity contribution in [2.24, 2.45) is 5.92 Å². The van der Waals surface area contributed by atoms with Crippen LogP contribution in [0.4, 0.5) is 0 Å². The van der Waals surface area contributed by atoms with Crippen LogP contribution in [-0.2, 0) is 19.6 Å². The van der Waals surface area contributed by atoms with Gasteiger partial charge in [0.15, 0.2) is 0 Å². The van der Waals surface area contributed by atoms with Crippen LogP contribution in [0.1, 0.15) is 25.2 Å². The molecule has 0 aliphatic carbocycles. The Labute approximate surface area is 107 Å². The molecule has 0 atom stereocenters. The van der Waals surface area contributed by atoms with Gasteiger partial charge in [0.25, 0.3) is 0 Å². The van der Waals surface area contributed by atoms with Gasteiger partial charge in [-0.3, -0.25) is 4.98 Å². The molecule has 0 unspecified atom stereocenters. The Hall–Kier alpha value is -1.75. The number of hydrogen-bond donors (Lipinski definition) is 1. The van der Waals surface area contributed by atoms with Gasteiger partial charge in [0.2, 0.25) is 0 Å². The van der Waals surface area contributed by atoms with Crippen LogP contribution in [0.3, 0.4) is 0 Å². The summed E-state index contributed by atoms with van der Waals surface area (Å²) in [4.78, 5) is 8.27. The van der Waals surface area contributed by atoms with Gasteiger partial charge in [0.1, 0.15) is 12.2 Å². The zero-order valence-corrected chi connectivity index (χ0v) is 10.9. The van der Waals surface area contributed by atoms with Gasteiger partial charge in [0, 0.05) is 25.5 Å². The lowest BCUT2D eigenvalue weighted by atomic mass is 10.2. The van der Waals surface area contributed by atoms with Crippen molar-refractivity contribution in [2.75, 3.05) is 0 Å². The Morgan fingerprint density at radius 1 is 1.22 bits per heavy atom. The first-order chi connectivity index (χ1) is 8.75. The average Bonchev–Trinajstić information content (AvgIpc) is 2.77. The Balaban J connectivity index is 1.85. The third-order valence-corrected chi connectivity index (χ3v) is 2.60. The second-order valence-electron chi connectivity index (χ2n) is 4.71. The maximum Gasteiger partial charge on any atom is 0.140 e. The summed E-state index contributed by atoms with van der Waals surface area (Å²) in [6.45, 7) is 6.81. The second-order valence-corrected chi connectivity index (χ2v) is 4.71. The highest BCUT2D eigenvalue weighted by Crippen LogP contribution is 2.02. The van der Waals surface area contributed by atoms with Crippen LogP contribution in [0.2, 0.25) is 0 Å². The summed E-state index contributed by atoms with van der Waals surface area (Å²) >= 11 is 0. The van der Waals surface area contributed by atoms with E-state index in [-0.39, 0.29) is 0 Å². The molecule has 0 saturated carbocycles.